The Hall–Kier alpha value is -1.89. The van der Waals surface area contributed by atoms with Crippen LogP contribution in [0.25, 0.3) is 5.69 Å². The number of ether oxygens (including phenoxy) is 1. The largest absolute Gasteiger partial charge is 0.458 e. The van der Waals surface area contributed by atoms with Gasteiger partial charge in [0.1, 0.15) is 30.3 Å². The smallest absolute Gasteiger partial charge is 0.338 e. The van der Waals surface area contributed by atoms with Gasteiger partial charge in [-0.1, -0.05) is 0 Å². The van der Waals surface area contributed by atoms with Crippen molar-refractivity contribution in [1.29, 1.82) is 0 Å². The summed E-state index contributed by atoms with van der Waals surface area (Å²) in [6.45, 7) is 0. The Labute approximate surface area is 119 Å². The van der Waals surface area contributed by atoms with Crippen molar-refractivity contribution >= 4 is 17.7 Å². The molecule has 0 unspecified atom stereocenters. The molecular weight excluding hydrogens is 281 g/mol. The zero-order valence-electron chi connectivity index (χ0n) is 10.5. The van der Waals surface area contributed by atoms with Crippen molar-refractivity contribution in [3.8, 4) is 5.69 Å². The predicted molar refractivity (Wildman–Crippen MR) is 72.5 cm³/mol. The zero-order valence-corrected chi connectivity index (χ0v) is 11.3. The molecule has 0 amide bonds. The molecule has 1 atom stereocenters. The first kappa shape index (κ1) is 13.1. The molecule has 1 aromatic heterocycles. The number of esters is 1. The van der Waals surface area contributed by atoms with Crippen molar-refractivity contribution in [3.63, 3.8) is 0 Å². The van der Waals surface area contributed by atoms with Gasteiger partial charge in [0.15, 0.2) is 0 Å². The molecule has 1 aromatic carbocycles. The Balaban J connectivity index is 1.77. The fourth-order valence-electron chi connectivity index (χ4n) is 1.98. The van der Waals surface area contributed by atoms with Gasteiger partial charge in [-0.2, -0.15) is 16.9 Å². The average Bonchev–Trinajstić information content (AvgIpc) is 3.11. The standard InChI is InChI=1S/C13H12FN3O2S/c14-11-5-9(13(18)19-10-3-4-20-6-10)1-2-12(11)17-8-15-7-16-17/h1-2,5,7-8,10H,3-4,6H2/t10-/m0/s1. The highest BCUT2D eigenvalue weighted by atomic mass is 32.2. The van der Waals surface area contributed by atoms with E-state index in [1.54, 1.807) is 11.8 Å². The van der Waals surface area contributed by atoms with Crippen LogP contribution in [0.4, 0.5) is 4.39 Å². The van der Waals surface area contributed by atoms with E-state index in [1.807, 2.05) is 0 Å². The number of benzene rings is 1. The molecule has 20 heavy (non-hydrogen) atoms. The van der Waals surface area contributed by atoms with Gasteiger partial charge in [-0.15, -0.1) is 0 Å². The Morgan fingerprint density at radius 1 is 1.50 bits per heavy atom. The van der Waals surface area contributed by atoms with E-state index in [2.05, 4.69) is 10.1 Å². The topological polar surface area (TPSA) is 57.0 Å². The van der Waals surface area contributed by atoms with Gasteiger partial charge in [-0.25, -0.2) is 18.9 Å². The fourth-order valence-corrected chi connectivity index (χ4v) is 3.07. The van der Waals surface area contributed by atoms with Crippen LogP contribution in [0.1, 0.15) is 16.8 Å². The van der Waals surface area contributed by atoms with Crippen LogP contribution >= 0.6 is 11.8 Å². The quantitative estimate of drug-likeness (QED) is 0.811. The van der Waals surface area contributed by atoms with Gasteiger partial charge in [-0.3, -0.25) is 0 Å². The third kappa shape index (κ3) is 2.67. The monoisotopic (exact) mass is 293 g/mol. The van der Waals surface area contributed by atoms with Crippen molar-refractivity contribution < 1.29 is 13.9 Å². The Morgan fingerprint density at radius 3 is 3.05 bits per heavy atom. The van der Waals surface area contributed by atoms with Crippen LogP contribution in [-0.2, 0) is 4.74 Å². The summed E-state index contributed by atoms with van der Waals surface area (Å²) in [4.78, 5) is 15.7. The third-order valence-corrected chi connectivity index (χ3v) is 4.14. The van der Waals surface area contributed by atoms with E-state index in [-0.39, 0.29) is 17.4 Å². The first-order valence-corrected chi connectivity index (χ1v) is 7.33. The summed E-state index contributed by atoms with van der Waals surface area (Å²) in [5.41, 5.74) is 0.457. The van der Waals surface area contributed by atoms with Crippen LogP contribution in [0.3, 0.4) is 0 Å². The van der Waals surface area contributed by atoms with E-state index in [0.29, 0.717) is 0 Å². The van der Waals surface area contributed by atoms with Crippen LogP contribution in [-0.4, -0.2) is 38.3 Å². The fraction of sp³-hybridized carbons (Fsp3) is 0.308. The minimum absolute atomic E-state index is 0.0643. The second-order valence-electron chi connectivity index (χ2n) is 4.40. The molecule has 2 aromatic rings. The highest BCUT2D eigenvalue weighted by Crippen LogP contribution is 2.22. The lowest BCUT2D eigenvalue weighted by Crippen LogP contribution is -2.17. The summed E-state index contributed by atoms with van der Waals surface area (Å²) in [7, 11) is 0. The maximum absolute atomic E-state index is 14.0. The molecule has 0 N–H and O–H groups in total. The van der Waals surface area contributed by atoms with Crippen molar-refractivity contribution in [3.05, 3.63) is 42.2 Å². The van der Waals surface area contributed by atoms with E-state index >= 15 is 0 Å². The van der Waals surface area contributed by atoms with Gasteiger partial charge in [0.25, 0.3) is 0 Å². The van der Waals surface area contributed by atoms with Gasteiger partial charge in [0.2, 0.25) is 0 Å². The normalized spacial score (nSPS) is 18.1. The number of carbonyl (C=O) groups excluding carboxylic acids is 1. The van der Waals surface area contributed by atoms with Gasteiger partial charge in [0, 0.05) is 5.75 Å². The summed E-state index contributed by atoms with van der Waals surface area (Å²) in [5.74, 6) is 0.787. The molecule has 1 saturated heterocycles. The Morgan fingerprint density at radius 2 is 2.40 bits per heavy atom. The van der Waals surface area contributed by atoms with Gasteiger partial charge < -0.3 is 4.74 Å². The molecule has 3 rings (SSSR count). The lowest BCUT2D eigenvalue weighted by Gasteiger charge is -2.11. The van der Waals surface area contributed by atoms with Gasteiger partial charge >= 0.3 is 5.97 Å². The molecule has 0 aliphatic carbocycles. The molecule has 7 heteroatoms. The maximum Gasteiger partial charge on any atom is 0.338 e. The molecule has 1 fully saturated rings. The Bertz CT molecular complexity index is 612. The number of rotatable bonds is 3. The highest BCUT2D eigenvalue weighted by molar-refractivity contribution is 7.99. The molecule has 2 heterocycles. The van der Waals surface area contributed by atoms with Crippen LogP contribution in [0.2, 0.25) is 0 Å². The van der Waals surface area contributed by atoms with E-state index in [9.17, 15) is 9.18 Å². The number of halogens is 1. The Kier molecular flexibility index (Phi) is 3.68. The van der Waals surface area contributed by atoms with E-state index < -0.39 is 11.8 Å². The van der Waals surface area contributed by atoms with Crippen LogP contribution in [0, 0.1) is 5.82 Å². The minimum atomic E-state index is -0.536. The number of aromatic nitrogens is 3. The molecule has 1 aliphatic rings. The molecule has 104 valence electrons. The average molecular weight is 293 g/mol. The lowest BCUT2D eigenvalue weighted by atomic mass is 10.2. The molecular formula is C13H12FN3O2S. The second-order valence-corrected chi connectivity index (χ2v) is 5.55. The number of thioether (sulfide) groups is 1. The summed E-state index contributed by atoms with van der Waals surface area (Å²) >= 11 is 1.75. The number of hydrogen-bond donors (Lipinski definition) is 0. The van der Waals surface area contributed by atoms with Crippen LogP contribution < -0.4 is 0 Å². The summed E-state index contributed by atoms with van der Waals surface area (Å²) in [5, 5.41) is 3.85. The zero-order chi connectivity index (χ0) is 13.9. The van der Waals surface area contributed by atoms with E-state index in [1.165, 1.54) is 35.5 Å². The lowest BCUT2D eigenvalue weighted by molar-refractivity contribution is 0.0356. The first-order chi connectivity index (χ1) is 9.74. The number of nitrogens with zero attached hydrogens (tertiary/aromatic N) is 3. The van der Waals surface area contributed by atoms with Gasteiger partial charge in [0.05, 0.1) is 5.56 Å². The van der Waals surface area contributed by atoms with E-state index in [0.717, 1.165) is 17.9 Å². The SMILES string of the molecule is O=C(O[C@H]1CCSC1)c1ccc(-n2cncn2)c(F)c1. The van der Waals surface area contributed by atoms with Crippen LogP contribution in [0.5, 0.6) is 0 Å². The van der Waals surface area contributed by atoms with Crippen molar-refractivity contribution in [2.24, 2.45) is 0 Å². The summed E-state index contributed by atoms with van der Waals surface area (Å²) in [6.07, 6.45) is 3.51. The number of carbonyl (C=O) groups is 1. The van der Waals surface area contributed by atoms with Crippen molar-refractivity contribution in [2.45, 2.75) is 12.5 Å². The summed E-state index contributed by atoms with van der Waals surface area (Å²) in [6, 6.07) is 4.19. The van der Waals surface area contributed by atoms with Crippen molar-refractivity contribution in [2.75, 3.05) is 11.5 Å². The second kappa shape index (κ2) is 5.62. The molecule has 0 bridgehead atoms. The van der Waals surface area contributed by atoms with E-state index in [4.69, 9.17) is 4.74 Å². The molecule has 1 aliphatic heterocycles. The molecule has 0 saturated carbocycles. The predicted octanol–water partition coefficient (Wildman–Crippen LogP) is 2.07. The number of hydrogen-bond acceptors (Lipinski definition) is 5. The van der Waals surface area contributed by atoms with Gasteiger partial charge in [-0.05, 0) is 30.4 Å². The first-order valence-electron chi connectivity index (χ1n) is 6.17. The molecule has 0 radical (unpaired) electrons. The highest BCUT2D eigenvalue weighted by Gasteiger charge is 2.21. The van der Waals surface area contributed by atoms with Crippen LogP contribution in [0.15, 0.2) is 30.9 Å². The minimum Gasteiger partial charge on any atom is -0.458 e. The summed E-state index contributed by atoms with van der Waals surface area (Å²) < 4.78 is 20.6. The molecule has 0 spiro atoms. The molecule has 5 nitrogen and oxygen atoms in total. The maximum atomic E-state index is 14.0. The van der Waals surface area contributed by atoms with Crippen molar-refractivity contribution in [1.82, 2.24) is 14.8 Å². The third-order valence-electron chi connectivity index (χ3n) is 3.01.